The molecular formula is C25H35N3O4. The number of imidazole rings is 1. The van der Waals surface area contributed by atoms with E-state index in [4.69, 9.17) is 19.2 Å². The largest absolute Gasteiger partial charge is 0.493 e. The molecule has 0 radical (unpaired) electrons. The lowest BCUT2D eigenvalue weighted by atomic mass is 9.80. The monoisotopic (exact) mass is 441 g/mol. The molecule has 0 spiro atoms. The van der Waals surface area contributed by atoms with E-state index in [-0.39, 0.29) is 6.09 Å². The summed E-state index contributed by atoms with van der Waals surface area (Å²) in [5.41, 5.74) is 1.56. The van der Waals surface area contributed by atoms with Crippen LogP contribution in [0.2, 0.25) is 0 Å². The third-order valence-corrected chi connectivity index (χ3v) is 6.57. The van der Waals surface area contributed by atoms with Gasteiger partial charge < -0.3 is 23.7 Å². The number of rotatable bonds is 4. The van der Waals surface area contributed by atoms with Gasteiger partial charge in [0, 0.05) is 37.8 Å². The molecule has 7 nitrogen and oxygen atoms in total. The molecule has 4 rings (SSSR count). The van der Waals surface area contributed by atoms with Crippen LogP contribution in [0.3, 0.4) is 0 Å². The summed E-state index contributed by atoms with van der Waals surface area (Å²) in [6, 6.07) is 5.93. The van der Waals surface area contributed by atoms with Crippen LogP contribution in [0, 0.1) is 11.8 Å². The second-order valence-electron chi connectivity index (χ2n) is 9.87. The second-order valence-corrected chi connectivity index (χ2v) is 9.87. The lowest BCUT2D eigenvalue weighted by Gasteiger charge is -2.38. The van der Waals surface area contributed by atoms with E-state index in [0.717, 1.165) is 68.1 Å². The Morgan fingerprint density at radius 3 is 2.41 bits per heavy atom. The molecule has 1 unspecified atom stereocenters. The van der Waals surface area contributed by atoms with Crippen molar-refractivity contribution < 1.29 is 19.0 Å². The van der Waals surface area contributed by atoms with Crippen LogP contribution in [0.1, 0.15) is 45.9 Å². The highest BCUT2D eigenvalue weighted by molar-refractivity contribution is 5.68. The lowest BCUT2D eigenvalue weighted by Crippen LogP contribution is -2.43. The second kappa shape index (κ2) is 9.04. The summed E-state index contributed by atoms with van der Waals surface area (Å²) in [5.74, 6) is 3.84. The molecule has 2 aliphatic heterocycles. The number of carbonyl (C=O) groups is 1. The van der Waals surface area contributed by atoms with Crippen LogP contribution in [-0.2, 0) is 17.7 Å². The van der Waals surface area contributed by atoms with Crippen molar-refractivity contribution in [3.05, 3.63) is 30.2 Å². The lowest BCUT2D eigenvalue weighted by molar-refractivity contribution is 0.0148. The Morgan fingerprint density at radius 2 is 1.75 bits per heavy atom. The Hall–Kier alpha value is -2.70. The minimum atomic E-state index is -0.444. The van der Waals surface area contributed by atoms with Crippen LogP contribution >= 0.6 is 0 Å². The van der Waals surface area contributed by atoms with E-state index >= 15 is 0 Å². The topological polar surface area (TPSA) is 65.8 Å². The highest BCUT2D eigenvalue weighted by atomic mass is 16.6. The third kappa shape index (κ3) is 4.87. The number of ether oxygens (including phenoxy) is 3. The summed E-state index contributed by atoms with van der Waals surface area (Å²) in [6.07, 6.45) is 6.20. The van der Waals surface area contributed by atoms with Crippen molar-refractivity contribution in [2.45, 2.75) is 58.6 Å². The van der Waals surface area contributed by atoms with Crippen LogP contribution < -0.4 is 9.47 Å². The molecule has 2 aromatic rings. The van der Waals surface area contributed by atoms with Crippen molar-refractivity contribution >= 4 is 6.09 Å². The first-order valence-electron chi connectivity index (χ1n) is 11.5. The van der Waals surface area contributed by atoms with E-state index in [1.807, 2.05) is 43.9 Å². The smallest absolute Gasteiger partial charge is 0.410 e. The molecule has 174 valence electrons. The van der Waals surface area contributed by atoms with Gasteiger partial charge in [0.15, 0.2) is 11.5 Å². The minimum Gasteiger partial charge on any atom is -0.493 e. The molecule has 7 heteroatoms. The van der Waals surface area contributed by atoms with E-state index < -0.39 is 5.60 Å². The maximum absolute atomic E-state index is 12.4. The minimum absolute atomic E-state index is 0.184. The van der Waals surface area contributed by atoms with Gasteiger partial charge in [0.2, 0.25) is 0 Å². The van der Waals surface area contributed by atoms with Gasteiger partial charge >= 0.3 is 6.09 Å². The fourth-order valence-electron chi connectivity index (χ4n) is 4.87. The van der Waals surface area contributed by atoms with Gasteiger partial charge in [0.25, 0.3) is 0 Å². The average molecular weight is 442 g/mol. The van der Waals surface area contributed by atoms with Crippen molar-refractivity contribution in [3.8, 4) is 22.8 Å². The summed E-state index contributed by atoms with van der Waals surface area (Å²) in [5, 5.41) is 0. The Balaban J connectivity index is 1.39. The Morgan fingerprint density at radius 1 is 1.03 bits per heavy atom. The van der Waals surface area contributed by atoms with Crippen molar-refractivity contribution in [1.29, 1.82) is 0 Å². The number of piperidine rings is 1. The van der Waals surface area contributed by atoms with Gasteiger partial charge in [0.05, 0.1) is 19.9 Å². The Kier molecular flexibility index (Phi) is 6.35. The fourth-order valence-corrected chi connectivity index (χ4v) is 4.87. The molecule has 0 aliphatic carbocycles. The highest BCUT2D eigenvalue weighted by Crippen LogP contribution is 2.36. The maximum atomic E-state index is 12.4. The molecule has 1 saturated heterocycles. The van der Waals surface area contributed by atoms with E-state index in [1.165, 1.54) is 0 Å². The number of benzene rings is 1. The predicted molar refractivity (Wildman–Crippen MR) is 123 cm³/mol. The predicted octanol–water partition coefficient (Wildman–Crippen LogP) is 4.78. The molecule has 1 amide bonds. The number of fused-ring (bicyclic) bond motifs is 1. The van der Waals surface area contributed by atoms with Gasteiger partial charge in [-0.05, 0) is 70.1 Å². The van der Waals surface area contributed by atoms with Crippen LogP contribution in [0.25, 0.3) is 11.3 Å². The van der Waals surface area contributed by atoms with Crippen LogP contribution in [0.15, 0.2) is 24.4 Å². The molecule has 1 aromatic carbocycles. The Labute approximate surface area is 190 Å². The maximum Gasteiger partial charge on any atom is 0.410 e. The molecule has 1 atom stereocenters. The van der Waals surface area contributed by atoms with Gasteiger partial charge in [0.1, 0.15) is 11.4 Å². The summed E-state index contributed by atoms with van der Waals surface area (Å²) in [6.45, 7) is 8.30. The number of hydrogen-bond acceptors (Lipinski definition) is 5. The molecule has 0 bridgehead atoms. The van der Waals surface area contributed by atoms with Crippen LogP contribution in [0.5, 0.6) is 11.5 Å². The van der Waals surface area contributed by atoms with E-state index in [0.29, 0.717) is 17.6 Å². The average Bonchev–Trinajstić information content (AvgIpc) is 3.21. The fraction of sp³-hybridized carbons (Fsp3) is 0.600. The van der Waals surface area contributed by atoms with Crippen LogP contribution in [-0.4, -0.2) is 53.5 Å². The van der Waals surface area contributed by atoms with Gasteiger partial charge in [-0.2, -0.15) is 0 Å². The zero-order valence-electron chi connectivity index (χ0n) is 19.9. The molecule has 1 fully saturated rings. The number of aryl methyl sites for hydroxylation is 1. The third-order valence-electron chi connectivity index (χ3n) is 6.57. The number of amides is 1. The van der Waals surface area contributed by atoms with Crippen molar-refractivity contribution in [2.24, 2.45) is 11.8 Å². The highest BCUT2D eigenvalue weighted by Gasteiger charge is 2.33. The SMILES string of the molecule is COc1ccc(-c2cn3c(n2)CCC(C2CCN(C(=O)OC(C)(C)C)CC2)C3)cc1OC. The van der Waals surface area contributed by atoms with Crippen molar-refractivity contribution in [3.63, 3.8) is 0 Å². The molecule has 32 heavy (non-hydrogen) atoms. The van der Waals surface area contributed by atoms with Crippen molar-refractivity contribution in [1.82, 2.24) is 14.5 Å². The standard InChI is InChI=1S/C25H35N3O4/c1-25(2,3)32-24(29)27-12-10-17(11-13-27)19-7-9-23-26-20(16-28(23)15-19)18-6-8-21(30-4)22(14-18)31-5/h6,8,14,16-17,19H,7,9-13,15H2,1-5H3. The summed E-state index contributed by atoms with van der Waals surface area (Å²) in [7, 11) is 3.30. The summed E-state index contributed by atoms with van der Waals surface area (Å²) < 4.78 is 18.7. The quantitative estimate of drug-likeness (QED) is 0.683. The molecular weight excluding hydrogens is 406 g/mol. The first kappa shape index (κ1) is 22.5. The van der Waals surface area contributed by atoms with Crippen molar-refractivity contribution in [2.75, 3.05) is 27.3 Å². The van der Waals surface area contributed by atoms with Gasteiger partial charge in [-0.15, -0.1) is 0 Å². The molecule has 0 N–H and O–H groups in total. The zero-order valence-corrected chi connectivity index (χ0v) is 19.9. The summed E-state index contributed by atoms with van der Waals surface area (Å²) >= 11 is 0. The first-order valence-corrected chi connectivity index (χ1v) is 11.5. The number of nitrogens with zero attached hydrogens (tertiary/aromatic N) is 3. The van der Waals surface area contributed by atoms with E-state index in [9.17, 15) is 4.79 Å². The normalized spacial score (nSPS) is 19.4. The molecule has 3 heterocycles. The molecule has 2 aliphatic rings. The summed E-state index contributed by atoms with van der Waals surface area (Å²) in [4.78, 5) is 19.1. The first-order chi connectivity index (χ1) is 15.3. The Bertz CT molecular complexity index is 955. The van der Waals surface area contributed by atoms with E-state index in [1.54, 1.807) is 14.2 Å². The molecule has 0 saturated carbocycles. The van der Waals surface area contributed by atoms with Gasteiger partial charge in [-0.1, -0.05) is 0 Å². The van der Waals surface area contributed by atoms with Gasteiger partial charge in [-0.25, -0.2) is 9.78 Å². The number of aromatic nitrogens is 2. The van der Waals surface area contributed by atoms with Crippen LogP contribution in [0.4, 0.5) is 4.79 Å². The number of methoxy groups -OCH3 is 2. The zero-order chi connectivity index (χ0) is 22.9. The van der Waals surface area contributed by atoms with Gasteiger partial charge in [-0.3, -0.25) is 0 Å². The van der Waals surface area contributed by atoms with E-state index in [2.05, 4.69) is 10.8 Å². The number of likely N-dealkylation sites (tertiary alicyclic amines) is 1. The number of hydrogen-bond donors (Lipinski definition) is 0. The molecule has 1 aromatic heterocycles. The number of carbonyl (C=O) groups excluding carboxylic acids is 1.